The van der Waals surface area contributed by atoms with Gasteiger partial charge in [0.15, 0.2) is 5.78 Å². The summed E-state index contributed by atoms with van der Waals surface area (Å²) in [5, 5.41) is 1.12. The van der Waals surface area contributed by atoms with Gasteiger partial charge in [0.25, 0.3) is 0 Å². The summed E-state index contributed by atoms with van der Waals surface area (Å²) < 4.78 is 0. The second-order valence-electron chi connectivity index (χ2n) is 4.69. The lowest BCUT2D eigenvalue weighted by Crippen LogP contribution is -1.94. The molecule has 0 amide bonds. The number of benzene rings is 1. The smallest absolute Gasteiger partial charge is 0.159 e. The molecule has 94 valence electrons. The molecule has 1 N–H and O–H groups in total. The standard InChI is InChI=1S/C16H14N2O/c1-11(19)14-4-2-12(3-5-14)8-13-9-15-6-7-17-16(15)18-10-13/h2-7,9-10H,8H2,1H3,(H,17,18). The maximum atomic E-state index is 11.2. The monoisotopic (exact) mass is 250 g/mol. The van der Waals surface area contributed by atoms with Gasteiger partial charge in [0, 0.05) is 23.3 Å². The number of nitrogens with one attached hydrogen (secondary N) is 1. The Bertz CT molecular complexity index is 726. The van der Waals surface area contributed by atoms with Gasteiger partial charge in [0.05, 0.1) is 0 Å². The Morgan fingerprint density at radius 3 is 2.68 bits per heavy atom. The van der Waals surface area contributed by atoms with E-state index in [-0.39, 0.29) is 5.78 Å². The summed E-state index contributed by atoms with van der Waals surface area (Å²) in [6.45, 7) is 1.58. The van der Waals surface area contributed by atoms with Gasteiger partial charge in [0.2, 0.25) is 0 Å². The van der Waals surface area contributed by atoms with E-state index in [4.69, 9.17) is 0 Å². The van der Waals surface area contributed by atoms with Gasteiger partial charge in [-0.15, -0.1) is 0 Å². The Labute approximate surface area is 111 Å². The van der Waals surface area contributed by atoms with E-state index in [0.29, 0.717) is 0 Å². The number of fused-ring (bicyclic) bond motifs is 1. The van der Waals surface area contributed by atoms with Crippen LogP contribution in [0.15, 0.2) is 48.8 Å². The van der Waals surface area contributed by atoms with Crippen LogP contribution in [0, 0.1) is 0 Å². The van der Waals surface area contributed by atoms with Crippen LogP contribution in [0.5, 0.6) is 0 Å². The highest BCUT2D eigenvalue weighted by molar-refractivity contribution is 5.94. The highest BCUT2D eigenvalue weighted by Gasteiger charge is 2.02. The number of aromatic nitrogens is 2. The van der Waals surface area contributed by atoms with E-state index in [1.54, 1.807) is 6.92 Å². The molecule has 19 heavy (non-hydrogen) atoms. The third-order valence-corrected chi connectivity index (χ3v) is 3.23. The molecule has 2 heterocycles. The lowest BCUT2D eigenvalue weighted by Gasteiger charge is -2.03. The molecule has 0 aliphatic heterocycles. The number of H-pyrrole nitrogens is 1. The van der Waals surface area contributed by atoms with E-state index in [2.05, 4.69) is 16.0 Å². The Morgan fingerprint density at radius 2 is 1.95 bits per heavy atom. The van der Waals surface area contributed by atoms with Gasteiger partial charge in [0.1, 0.15) is 5.65 Å². The Hall–Kier alpha value is -2.42. The molecular weight excluding hydrogens is 236 g/mol. The predicted molar refractivity (Wildman–Crippen MR) is 75.3 cm³/mol. The van der Waals surface area contributed by atoms with Gasteiger partial charge in [-0.25, -0.2) is 4.98 Å². The van der Waals surface area contributed by atoms with Crippen molar-refractivity contribution in [2.45, 2.75) is 13.3 Å². The molecule has 0 atom stereocenters. The fraction of sp³-hybridized carbons (Fsp3) is 0.125. The van der Waals surface area contributed by atoms with Gasteiger partial charge < -0.3 is 4.98 Å². The summed E-state index contributed by atoms with van der Waals surface area (Å²) in [5.41, 5.74) is 4.02. The molecule has 0 unspecified atom stereocenters. The van der Waals surface area contributed by atoms with Crippen molar-refractivity contribution in [2.24, 2.45) is 0 Å². The summed E-state index contributed by atoms with van der Waals surface area (Å²) in [7, 11) is 0. The average Bonchev–Trinajstić information content (AvgIpc) is 2.87. The Balaban J connectivity index is 1.85. The van der Waals surface area contributed by atoms with Crippen molar-refractivity contribution in [1.82, 2.24) is 9.97 Å². The first-order valence-electron chi connectivity index (χ1n) is 6.24. The quantitative estimate of drug-likeness (QED) is 0.724. The number of hydrogen-bond donors (Lipinski definition) is 1. The predicted octanol–water partition coefficient (Wildman–Crippen LogP) is 3.36. The van der Waals surface area contributed by atoms with Gasteiger partial charge in [-0.1, -0.05) is 24.3 Å². The third-order valence-electron chi connectivity index (χ3n) is 3.23. The topological polar surface area (TPSA) is 45.8 Å². The maximum Gasteiger partial charge on any atom is 0.159 e. The van der Waals surface area contributed by atoms with Crippen molar-refractivity contribution >= 4 is 16.8 Å². The minimum atomic E-state index is 0.0990. The zero-order valence-electron chi connectivity index (χ0n) is 10.7. The molecule has 0 aliphatic carbocycles. The van der Waals surface area contributed by atoms with Crippen molar-refractivity contribution in [3.05, 3.63) is 65.5 Å². The number of pyridine rings is 1. The fourth-order valence-electron chi connectivity index (χ4n) is 2.18. The van der Waals surface area contributed by atoms with Crippen molar-refractivity contribution in [1.29, 1.82) is 0 Å². The van der Waals surface area contributed by atoms with Crippen molar-refractivity contribution in [3.8, 4) is 0 Å². The second kappa shape index (κ2) is 4.69. The molecule has 3 rings (SSSR count). The average molecular weight is 250 g/mol. The second-order valence-corrected chi connectivity index (χ2v) is 4.69. The lowest BCUT2D eigenvalue weighted by molar-refractivity contribution is 0.101. The van der Waals surface area contributed by atoms with Crippen LogP contribution < -0.4 is 0 Å². The van der Waals surface area contributed by atoms with E-state index >= 15 is 0 Å². The van der Waals surface area contributed by atoms with Gasteiger partial charge in [-0.05, 0) is 36.6 Å². The molecule has 3 heteroatoms. The largest absolute Gasteiger partial charge is 0.346 e. The zero-order chi connectivity index (χ0) is 13.2. The molecular formula is C16H14N2O. The van der Waals surface area contributed by atoms with Crippen LogP contribution in [-0.4, -0.2) is 15.8 Å². The molecule has 0 aliphatic rings. The summed E-state index contributed by atoms with van der Waals surface area (Å²) in [5.74, 6) is 0.0990. The molecule has 0 fully saturated rings. The van der Waals surface area contributed by atoms with Crippen LogP contribution in [-0.2, 0) is 6.42 Å². The number of rotatable bonds is 3. The van der Waals surface area contributed by atoms with Gasteiger partial charge >= 0.3 is 0 Å². The summed E-state index contributed by atoms with van der Waals surface area (Å²) in [6, 6.07) is 11.9. The first-order valence-corrected chi connectivity index (χ1v) is 6.24. The first kappa shape index (κ1) is 11.7. The maximum absolute atomic E-state index is 11.2. The number of nitrogens with zero attached hydrogens (tertiary/aromatic N) is 1. The highest BCUT2D eigenvalue weighted by Crippen LogP contribution is 2.15. The van der Waals surface area contributed by atoms with E-state index < -0.39 is 0 Å². The number of ketones is 1. The van der Waals surface area contributed by atoms with E-state index in [9.17, 15) is 4.79 Å². The minimum absolute atomic E-state index is 0.0990. The minimum Gasteiger partial charge on any atom is -0.346 e. The molecule has 3 aromatic rings. The molecule has 0 saturated carbocycles. The molecule has 2 aromatic heterocycles. The summed E-state index contributed by atoms with van der Waals surface area (Å²) in [6.07, 6.45) is 4.60. The van der Waals surface area contributed by atoms with Crippen LogP contribution in [0.1, 0.15) is 28.4 Å². The number of hydrogen-bond acceptors (Lipinski definition) is 2. The van der Waals surface area contributed by atoms with Crippen LogP contribution in [0.25, 0.3) is 11.0 Å². The van der Waals surface area contributed by atoms with Crippen LogP contribution in [0.3, 0.4) is 0 Å². The number of aromatic amines is 1. The molecule has 0 radical (unpaired) electrons. The SMILES string of the molecule is CC(=O)c1ccc(Cc2cnc3[nH]ccc3c2)cc1. The van der Waals surface area contributed by atoms with Crippen molar-refractivity contribution < 1.29 is 4.79 Å². The van der Waals surface area contributed by atoms with E-state index in [0.717, 1.165) is 23.0 Å². The highest BCUT2D eigenvalue weighted by atomic mass is 16.1. The first-order chi connectivity index (χ1) is 9.22. The van der Waals surface area contributed by atoms with Crippen LogP contribution >= 0.6 is 0 Å². The third kappa shape index (κ3) is 2.40. The molecule has 1 aromatic carbocycles. The Morgan fingerprint density at radius 1 is 1.16 bits per heavy atom. The van der Waals surface area contributed by atoms with Gasteiger partial charge in [-0.2, -0.15) is 0 Å². The molecule has 0 spiro atoms. The summed E-state index contributed by atoms with van der Waals surface area (Å²) >= 11 is 0. The molecule has 0 saturated heterocycles. The van der Waals surface area contributed by atoms with Crippen molar-refractivity contribution in [2.75, 3.05) is 0 Å². The number of carbonyl (C=O) groups excluding carboxylic acids is 1. The van der Waals surface area contributed by atoms with E-state index in [1.807, 2.05) is 42.7 Å². The lowest BCUT2D eigenvalue weighted by atomic mass is 10.0. The van der Waals surface area contributed by atoms with E-state index in [1.165, 1.54) is 11.1 Å². The molecule has 3 nitrogen and oxygen atoms in total. The van der Waals surface area contributed by atoms with Crippen LogP contribution in [0.4, 0.5) is 0 Å². The van der Waals surface area contributed by atoms with Gasteiger partial charge in [-0.3, -0.25) is 4.79 Å². The van der Waals surface area contributed by atoms with Crippen molar-refractivity contribution in [3.63, 3.8) is 0 Å². The number of carbonyl (C=O) groups is 1. The Kier molecular flexibility index (Phi) is 2.88. The van der Waals surface area contributed by atoms with Crippen LogP contribution in [0.2, 0.25) is 0 Å². The number of Topliss-reactive ketones (excluding diaryl/α,β-unsaturated/α-hetero) is 1. The zero-order valence-corrected chi connectivity index (χ0v) is 10.7. The molecule has 0 bridgehead atoms. The normalized spacial score (nSPS) is 10.8. The summed E-state index contributed by atoms with van der Waals surface area (Å²) in [4.78, 5) is 18.7. The fourth-order valence-corrected chi connectivity index (χ4v) is 2.18.